The highest BCUT2D eigenvalue weighted by Gasteiger charge is 2.50. The largest absolute Gasteiger partial charge is 0.508 e. The molecule has 3 aromatic rings. The fourth-order valence-corrected chi connectivity index (χ4v) is 6.82. The number of rotatable bonds is 7. The van der Waals surface area contributed by atoms with E-state index in [4.69, 9.17) is 0 Å². The van der Waals surface area contributed by atoms with Crippen LogP contribution < -0.4 is 5.32 Å². The van der Waals surface area contributed by atoms with Gasteiger partial charge in [0.05, 0.1) is 13.1 Å². The highest BCUT2D eigenvalue weighted by atomic mass is 79.9. The standard InChI is InChI=1S/C32H34BrN5O4/c1-35-20-30(41)37-27(17-22-8-11-26(39)12-9-22)32(42)36(18-24-6-3-5-23-14-15-34-31(23)24)19-28(37)38(35)29(40)13-10-21-4-2-7-25(33)16-21/h2-9,11-12,16,27-28,34,39H,10,13-15,17-20H2,1H3/t27-,28?/m0/s1. The van der Waals surface area contributed by atoms with Crippen molar-refractivity contribution in [3.05, 3.63) is 93.5 Å². The van der Waals surface area contributed by atoms with E-state index in [1.165, 1.54) is 5.56 Å². The van der Waals surface area contributed by atoms with E-state index in [-0.39, 0.29) is 49.4 Å². The number of aromatic hydroxyl groups is 1. The van der Waals surface area contributed by atoms with Gasteiger partial charge in [0.2, 0.25) is 17.7 Å². The number of nitrogens with one attached hydrogen (secondary N) is 1. The highest BCUT2D eigenvalue weighted by Crippen LogP contribution is 2.32. The SMILES string of the molecule is CN1CC(=O)N2C(CN(Cc3cccc4c3NCC4)C(=O)[C@@H]2Cc2ccc(O)cc2)N1C(=O)CCc1cccc(Br)c1. The van der Waals surface area contributed by atoms with E-state index < -0.39 is 12.2 Å². The number of hydrogen-bond donors (Lipinski definition) is 2. The minimum Gasteiger partial charge on any atom is -0.508 e. The maximum absolute atomic E-state index is 14.1. The molecule has 10 heteroatoms. The number of phenolic OH excluding ortho intramolecular Hbond substituents is 1. The molecule has 0 saturated carbocycles. The number of halogens is 1. The van der Waals surface area contributed by atoms with Crippen LogP contribution in [0.5, 0.6) is 5.75 Å². The fourth-order valence-electron chi connectivity index (χ4n) is 6.38. The van der Waals surface area contributed by atoms with E-state index in [0.717, 1.165) is 39.8 Å². The topological polar surface area (TPSA) is 96.4 Å². The van der Waals surface area contributed by atoms with Crippen molar-refractivity contribution in [3.8, 4) is 5.75 Å². The summed E-state index contributed by atoms with van der Waals surface area (Å²) in [4.78, 5) is 44.9. The molecule has 2 atom stereocenters. The van der Waals surface area contributed by atoms with Crippen molar-refractivity contribution in [3.63, 3.8) is 0 Å². The normalized spacial score (nSPS) is 20.4. The second kappa shape index (κ2) is 11.8. The Morgan fingerprint density at radius 1 is 1.05 bits per heavy atom. The molecule has 9 nitrogen and oxygen atoms in total. The molecule has 3 aliphatic rings. The summed E-state index contributed by atoms with van der Waals surface area (Å²) in [6.07, 6.45) is 1.43. The lowest BCUT2D eigenvalue weighted by Crippen LogP contribution is -2.75. The number of hydrogen-bond acceptors (Lipinski definition) is 6. The van der Waals surface area contributed by atoms with Gasteiger partial charge in [0.15, 0.2) is 0 Å². The number of nitrogens with zero attached hydrogens (tertiary/aromatic N) is 4. The number of carbonyl (C=O) groups is 3. The van der Waals surface area contributed by atoms with Crippen LogP contribution >= 0.6 is 15.9 Å². The Kier molecular flexibility index (Phi) is 7.92. The van der Waals surface area contributed by atoms with E-state index in [0.29, 0.717) is 13.0 Å². The van der Waals surface area contributed by atoms with Crippen LogP contribution in [-0.4, -0.2) is 81.5 Å². The molecule has 2 saturated heterocycles. The molecule has 3 amide bonds. The number of para-hydroxylation sites is 1. The van der Waals surface area contributed by atoms with E-state index in [9.17, 15) is 19.5 Å². The zero-order chi connectivity index (χ0) is 29.4. The van der Waals surface area contributed by atoms with Crippen LogP contribution in [0.15, 0.2) is 71.2 Å². The Bertz CT molecular complexity index is 1510. The Balaban J connectivity index is 1.32. The molecular formula is C32H34BrN5O4. The van der Waals surface area contributed by atoms with Gasteiger partial charge in [0, 0.05) is 43.1 Å². The van der Waals surface area contributed by atoms with Crippen molar-refractivity contribution in [2.45, 2.75) is 44.4 Å². The summed E-state index contributed by atoms with van der Waals surface area (Å²) >= 11 is 3.50. The highest BCUT2D eigenvalue weighted by molar-refractivity contribution is 9.10. The van der Waals surface area contributed by atoms with Crippen LogP contribution in [0.25, 0.3) is 0 Å². The van der Waals surface area contributed by atoms with Gasteiger partial charge in [-0.1, -0.05) is 58.4 Å². The Morgan fingerprint density at radius 3 is 2.62 bits per heavy atom. The van der Waals surface area contributed by atoms with Crippen molar-refractivity contribution in [2.75, 3.05) is 32.0 Å². The number of fused-ring (bicyclic) bond motifs is 2. The number of anilines is 1. The molecule has 2 N–H and O–H groups in total. The Morgan fingerprint density at radius 2 is 1.83 bits per heavy atom. The molecule has 42 heavy (non-hydrogen) atoms. The molecular weight excluding hydrogens is 598 g/mol. The van der Waals surface area contributed by atoms with Gasteiger partial charge in [-0.3, -0.25) is 19.4 Å². The van der Waals surface area contributed by atoms with Crippen molar-refractivity contribution in [1.82, 2.24) is 19.8 Å². The molecule has 3 heterocycles. The van der Waals surface area contributed by atoms with Gasteiger partial charge < -0.3 is 20.2 Å². The lowest BCUT2D eigenvalue weighted by atomic mass is 9.97. The molecule has 0 aliphatic carbocycles. The van der Waals surface area contributed by atoms with Gasteiger partial charge in [0.25, 0.3) is 0 Å². The first-order valence-corrected chi connectivity index (χ1v) is 15.1. The first-order valence-electron chi connectivity index (χ1n) is 14.3. The first-order chi connectivity index (χ1) is 20.3. The van der Waals surface area contributed by atoms with Crippen LogP contribution in [0.4, 0.5) is 5.69 Å². The van der Waals surface area contributed by atoms with Crippen molar-refractivity contribution < 1.29 is 19.5 Å². The zero-order valence-corrected chi connectivity index (χ0v) is 25.1. The molecule has 2 fully saturated rings. The predicted molar refractivity (Wildman–Crippen MR) is 162 cm³/mol. The lowest BCUT2D eigenvalue weighted by molar-refractivity contribution is -0.202. The first kappa shape index (κ1) is 28.2. The monoisotopic (exact) mass is 631 g/mol. The minimum absolute atomic E-state index is 0.00853. The van der Waals surface area contributed by atoms with E-state index in [1.807, 2.05) is 36.4 Å². The van der Waals surface area contributed by atoms with Crippen LogP contribution in [0, 0.1) is 0 Å². The zero-order valence-electron chi connectivity index (χ0n) is 23.5. The second-order valence-electron chi connectivity index (χ2n) is 11.2. The van der Waals surface area contributed by atoms with Crippen LogP contribution in [0.3, 0.4) is 0 Å². The summed E-state index contributed by atoms with van der Waals surface area (Å²) in [6.45, 7) is 1.46. The molecule has 1 unspecified atom stereocenters. The summed E-state index contributed by atoms with van der Waals surface area (Å²) < 4.78 is 0.958. The molecule has 6 rings (SSSR count). The summed E-state index contributed by atoms with van der Waals surface area (Å²) in [7, 11) is 1.76. The molecule has 3 aliphatic heterocycles. The average Bonchev–Trinajstić information content (AvgIpc) is 3.45. The van der Waals surface area contributed by atoms with Gasteiger partial charge >= 0.3 is 0 Å². The summed E-state index contributed by atoms with van der Waals surface area (Å²) in [6, 6.07) is 20.0. The quantitative estimate of drug-likeness (QED) is 0.414. The van der Waals surface area contributed by atoms with Crippen molar-refractivity contribution in [1.29, 1.82) is 0 Å². The number of hydrazine groups is 1. The third-order valence-corrected chi connectivity index (χ3v) is 8.86. The third kappa shape index (κ3) is 5.61. The van der Waals surface area contributed by atoms with Gasteiger partial charge in [0.1, 0.15) is 18.0 Å². The number of likely N-dealkylation sites (N-methyl/N-ethyl adjacent to an activating group) is 1. The predicted octanol–water partition coefficient (Wildman–Crippen LogP) is 3.55. The number of amides is 3. The number of aryl methyl sites for hydroxylation is 1. The van der Waals surface area contributed by atoms with Crippen LogP contribution in [-0.2, 0) is 40.2 Å². The van der Waals surface area contributed by atoms with Gasteiger partial charge in [-0.25, -0.2) is 5.01 Å². The number of piperazine rings is 1. The van der Waals surface area contributed by atoms with Gasteiger partial charge in [-0.15, -0.1) is 0 Å². The van der Waals surface area contributed by atoms with E-state index in [2.05, 4.69) is 27.3 Å². The van der Waals surface area contributed by atoms with Gasteiger partial charge in [-0.2, -0.15) is 0 Å². The smallest absolute Gasteiger partial charge is 0.246 e. The summed E-state index contributed by atoms with van der Waals surface area (Å²) in [5, 5.41) is 16.6. The number of carbonyl (C=O) groups excluding carboxylic acids is 3. The Hall–Kier alpha value is -3.89. The average molecular weight is 633 g/mol. The second-order valence-corrected chi connectivity index (χ2v) is 12.1. The van der Waals surface area contributed by atoms with Crippen molar-refractivity contribution in [2.24, 2.45) is 0 Å². The maximum Gasteiger partial charge on any atom is 0.246 e. The molecule has 0 spiro atoms. The number of benzene rings is 3. The maximum atomic E-state index is 14.1. The molecule has 218 valence electrons. The molecule has 0 radical (unpaired) electrons. The number of phenols is 1. The minimum atomic E-state index is -0.778. The van der Waals surface area contributed by atoms with E-state index >= 15 is 0 Å². The van der Waals surface area contributed by atoms with E-state index in [1.54, 1.807) is 51.1 Å². The third-order valence-electron chi connectivity index (χ3n) is 8.37. The molecule has 0 aromatic heterocycles. The Labute approximate surface area is 253 Å². The van der Waals surface area contributed by atoms with Crippen molar-refractivity contribution >= 4 is 39.3 Å². The van der Waals surface area contributed by atoms with Gasteiger partial charge in [-0.05, 0) is 59.4 Å². The molecule has 0 bridgehead atoms. The summed E-state index contributed by atoms with van der Waals surface area (Å²) in [5.41, 5.74) is 5.20. The molecule has 3 aromatic carbocycles. The van der Waals surface area contributed by atoms with Crippen LogP contribution in [0.1, 0.15) is 28.7 Å². The lowest BCUT2D eigenvalue weighted by Gasteiger charge is -2.54. The summed E-state index contributed by atoms with van der Waals surface area (Å²) in [5.74, 6) is -0.288. The van der Waals surface area contributed by atoms with Crippen LogP contribution in [0.2, 0.25) is 0 Å². The fraction of sp³-hybridized carbons (Fsp3) is 0.344.